The van der Waals surface area contributed by atoms with Gasteiger partial charge in [-0.1, -0.05) is 29.8 Å². The molecule has 6 nitrogen and oxygen atoms in total. The minimum Gasteiger partial charge on any atom is -0.487 e. The number of benzene rings is 2. The van der Waals surface area contributed by atoms with Crippen molar-refractivity contribution in [1.29, 1.82) is 0 Å². The molecule has 2 aromatic carbocycles. The first-order valence-corrected chi connectivity index (χ1v) is 12.0. The number of para-hydroxylation sites is 1. The lowest BCUT2D eigenvalue weighted by Gasteiger charge is -2.34. The molecule has 0 aliphatic carbocycles. The fourth-order valence-electron chi connectivity index (χ4n) is 3.60. The van der Waals surface area contributed by atoms with Crippen molar-refractivity contribution in [1.82, 2.24) is 14.8 Å². The monoisotopic (exact) mass is 499 g/mol. The van der Waals surface area contributed by atoms with E-state index in [2.05, 4.69) is 4.98 Å². The van der Waals surface area contributed by atoms with Crippen molar-refractivity contribution in [2.45, 2.75) is 13.5 Å². The van der Waals surface area contributed by atoms with Crippen molar-refractivity contribution in [3.05, 3.63) is 86.6 Å². The van der Waals surface area contributed by atoms with E-state index in [9.17, 15) is 14.0 Å². The van der Waals surface area contributed by atoms with Crippen LogP contribution in [0.1, 0.15) is 26.6 Å². The first-order chi connectivity index (χ1) is 16.4. The Morgan fingerprint density at radius 3 is 2.62 bits per heavy atom. The van der Waals surface area contributed by atoms with Gasteiger partial charge in [-0.15, -0.1) is 11.3 Å². The summed E-state index contributed by atoms with van der Waals surface area (Å²) >= 11 is 7.47. The van der Waals surface area contributed by atoms with Crippen molar-refractivity contribution in [3.63, 3.8) is 0 Å². The zero-order chi connectivity index (χ0) is 24.1. The molecule has 1 fully saturated rings. The largest absolute Gasteiger partial charge is 0.487 e. The number of hydrogen-bond donors (Lipinski definition) is 0. The third kappa shape index (κ3) is 5.81. The van der Waals surface area contributed by atoms with E-state index in [1.165, 1.54) is 29.2 Å². The normalized spacial score (nSPS) is 14.0. The second kappa shape index (κ2) is 10.8. The second-order valence-electron chi connectivity index (χ2n) is 7.76. The van der Waals surface area contributed by atoms with Crippen molar-refractivity contribution in [2.24, 2.45) is 0 Å². The lowest BCUT2D eigenvalue weighted by Crippen LogP contribution is -2.50. The molecule has 0 spiro atoms. The van der Waals surface area contributed by atoms with Crippen LogP contribution in [-0.4, -0.2) is 52.8 Å². The molecule has 34 heavy (non-hydrogen) atoms. The Kier molecular flexibility index (Phi) is 7.59. The molecule has 0 unspecified atom stereocenters. The van der Waals surface area contributed by atoms with Crippen LogP contribution in [0.5, 0.6) is 5.75 Å². The lowest BCUT2D eigenvalue weighted by atomic mass is 10.1. The van der Waals surface area contributed by atoms with Gasteiger partial charge in [-0.2, -0.15) is 0 Å². The van der Waals surface area contributed by atoms with Crippen LogP contribution in [0.15, 0.2) is 53.9 Å². The maximum absolute atomic E-state index is 14.0. The van der Waals surface area contributed by atoms with Crippen LogP contribution in [-0.2, 0) is 11.4 Å². The summed E-state index contributed by atoms with van der Waals surface area (Å²) in [5.74, 6) is -0.534. The average molecular weight is 500 g/mol. The SMILES string of the molecule is Cc1nc(COc2ccccc2C=CC(=O)N2CCN(C(=O)c3cc(Cl)ccc3F)CC2)cs1. The number of carbonyl (C=O) groups is 2. The Bertz CT molecular complexity index is 1220. The number of rotatable bonds is 6. The molecule has 3 aromatic rings. The Morgan fingerprint density at radius 2 is 1.88 bits per heavy atom. The summed E-state index contributed by atoms with van der Waals surface area (Å²) in [6, 6.07) is 11.4. The molecule has 0 N–H and O–H groups in total. The first-order valence-electron chi connectivity index (χ1n) is 10.7. The number of hydrogen-bond acceptors (Lipinski definition) is 5. The van der Waals surface area contributed by atoms with E-state index in [0.29, 0.717) is 43.6 Å². The van der Waals surface area contributed by atoms with E-state index < -0.39 is 11.7 Å². The number of aromatic nitrogens is 1. The van der Waals surface area contributed by atoms with Crippen LogP contribution in [0.2, 0.25) is 5.02 Å². The van der Waals surface area contributed by atoms with Crippen molar-refractivity contribution in [2.75, 3.05) is 26.2 Å². The van der Waals surface area contributed by atoms with Gasteiger partial charge in [0.25, 0.3) is 5.91 Å². The third-order valence-electron chi connectivity index (χ3n) is 5.40. The molecule has 1 aliphatic heterocycles. The number of amides is 2. The van der Waals surface area contributed by atoms with Gasteiger partial charge in [0.05, 0.1) is 16.3 Å². The molecule has 0 radical (unpaired) electrons. The maximum atomic E-state index is 14.0. The van der Waals surface area contributed by atoms with E-state index in [4.69, 9.17) is 16.3 Å². The summed E-state index contributed by atoms with van der Waals surface area (Å²) in [5, 5.41) is 3.24. The van der Waals surface area contributed by atoms with Crippen LogP contribution in [0.4, 0.5) is 4.39 Å². The summed E-state index contributed by atoms with van der Waals surface area (Å²) in [7, 11) is 0. The van der Waals surface area contributed by atoms with Gasteiger partial charge in [-0.3, -0.25) is 9.59 Å². The van der Waals surface area contributed by atoms with Crippen LogP contribution < -0.4 is 4.74 Å². The highest BCUT2D eigenvalue weighted by atomic mass is 35.5. The molecule has 0 bridgehead atoms. The van der Waals surface area contributed by atoms with E-state index in [-0.39, 0.29) is 11.5 Å². The van der Waals surface area contributed by atoms with E-state index in [0.717, 1.165) is 16.3 Å². The number of piperazine rings is 1. The molecule has 1 aromatic heterocycles. The Morgan fingerprint density at radius 1 is 1.15 bits per heavy atom. The first kappa shape index (κ1) is 23.9. The lowest BCUT2D eigenvalue weighted by molar-refractivity contribution is -0.127. The molecule has 2 heterocycles. The summed E-state index contributed by atoms with van der Waals surface area (Å²) < 4.78 is 19.9. The molecule has 1 saturated heterocycles. The maximum Gasteiger partial charge on any atom is 0.257 e. The van der Waals surface area contributed by atoms with E-state index in [1.807, 2.05) is 36.6 Å². The molecular weight excluding hydrogens is 477 g/mol. The van der Waals surface area contributed by atoms with Crippen LogP contribution in [0.25, 0.3) is 6.08 Å². The average Bonchev–Trinajstić information content (AvgIpc) is 3.28. The van der Waals surface area contributed by atoms with Crippen molar-refractivity contribution < 1.29 is 18.7 Å². The summed E-state index contributed by atoms with van der Waals surface area (Å²) in [6.07, 6.45) is 3.23. The highest BCUT2D eigenvalue weighted by Gasteiger charge is 2.25. The van der Waals surface area contributed by atoms with Gasteiger partial charge in [0.1, 0.15) is 18.2 Å². The highest BCUT2D eigenvalue weighted by Crippen LogP contribution is 2.22. The number of carbonyl (C=O) groups excluding carboxylic acids is 2. The zero-order valence-electron chi connectivity index (χ0n) is 18.5. The minimum absolute atomic E-state index is 0.0587. The smallest absolute Gasteiger partial charge is 0.257 e. The standard InChI is InChI=1S/C25H23ClFN3O3S/c1-17-28-20(16-34-17)15-33-23-5-3-2-4-18(23)6-9-24(31)29-10-12-30(13-11-29)25(32)21-14-19(26)7-8-22(21)27/h2-9,14,16H,10-13,15H2,1H3. The van der Waals surface area contributed by atoms with Gasteiger partial charge >= 0.3 is 0 Å². The number of halogens is 2. The quantitative estimate of drug-likeness (QED) is 0.456. The summed E-state index contributed by atoms with van der Waals surface area (Å²) in [6.45, 7) is 3.65. The Labute approximate surface area is 206 Å². The number of ether oxygens (including phenoxy) is 1. The number of nitrogens with zero attached hydrogens (tertiary/aromatic N) is 3. The molecule has 1 aliphatic rings. The molecule has 9 heteroatoms. The number of aryl methyl sites for hydroxylation is 1. The van der Waals surface area contributed by atoms with Gasteiger partial charge in [0.15, 0.2) is 0 Å². The van der Waals surface area contributed by atoms with Crippen LogP contribution >= 0.6 is 22.9 Å². The fraction of sp³-hybridized carbons (Fsp3) is 0.240. The molecule has 176 valence electrons. The highest BCUT2D eigenvalue weighted by molar-refractivity contribution is 7.09. The van der Waals surface area contributed by atoms with E-state index >= 15 is 0 Å². The zero-order valence-corrected chi connectivity index (χ0v) is 20.1. The Hall–Kier alpha value is -3.23. The minimum atomic E-state index is -0.610. The molecule has 0 atom stereocenters. The molecule has 4 rings (SSSR count). The van der Waals surface area contributed by atoms with Gasteiger partial charge < -0.3 is 14.5 Å². The van der Waals surface area contributed by atoms with Gasteiger partial charge in [-0.05, 0) is 37.3 Å². The number of thiazole rings is 1. The third-order valence-corrected chi connectivity index (χ3v) is 6.46. The predicted octanol–water partition coefficient (Wildman–Crippen LogP) is 4.82. The van der Waals surface area contributed by atoms with Crippen molar-refractivity contribution >= 4 is 40.8 Å². The molecule has 0 saturated carbocycles. The van der Waals surface area contributed by atoms with Gasteiger partial charge in [0.2, 0.25) is 5.91 Å². The van der Waals surface area contributed by atoms with Crippen LogP contribution in [0.3, 0.4) is 0 Å². The predicted molar refractivity (Wildman–Crippen MR) is 131 cm³/mol. The topological polar surface area (TPSA) is 62.7 Å². The van der Waals surface area contributed by atoms with E-state index in [1.54, 1.807) is 22.3 Å². The Balaban J connectivity index is 1.34. The molecule has 2 amide bonds. The second-order valence-corrected chi connectivity index (χ2v) is 9.26. The van der Waals surface area contributed by atoms with Crippen molar-refractivity contribution in [3.8, 4) is 5.75 Å². The summed E-state index contributed by atoms with van der Waals surface area (Å²) in [5.41, 5.74) is 1.59. The van der Waals surface area contributed by atoms with Gasteiger partial charge in [0, 0.05) is 48.2 Å². The molecular formula is C25H23ClFN3O3S. The summed E-state index contributed by atoms with van der Waals surface area (Å²) in [4.78, 5) is 33.0. The van der Waals surface area contributed by atoms with Crippen LogP contribution in [0, 0.1) is 12.7 Å². The fourth-order valence-corrected chi connectivity index (χ4v) is 4.37. The van der Waals surface area contributed by atoms with Gasteiger partial charge in [-0.25, -0.2) is 9.37 Å².